The Bertz CT molecular complexity index is 2900. The molecule has 0 saturated carbocycles. The van der Waals surface area contributed by atoms with Crippen molar-refractivity contribution in [3.8, 4) is 33.4 Å². The molecule has 40 heavy (non-hydrogen) atoms. The fourth-order valence-corrected chi connectivity index (χ4v) is 5.69. The van der Waals surface area contributed by atoms with Crippen molar-refractivity contribution in [2.75, 3.05) is 0 Å². The molecule has 0 unspecified atom stereocenters. The number of hydrogen-bond acceptors (Lipinski definition) is 0. The lowest BCUT2D eigenvalue weighted by atomic mass is 9.84. The van der Waals surface area contributed by atoms with E-state index in [1.54, 1.807) is 42.5 Å². The van der Waals surface area contributed by atoms with Gasteiger partial charge in [0, 0.05) is 0 Å². The van der Waals surface area contributed by atoms with Gasteiger partial charge in [-0.3, -0.25) is 0 Å². The molecule has 0 heterocycles. The van der Waals surface area contributed by atoms with Gasteiger partial charge in [-0.1, -0.05) is 151 Å². The Morgan fingerprint density at radius 2 is 0.925 bits per heavy atom. The van der Waals surface area contributed by atoms with Crippen LogP contribution in [0.15, 0.2) is 157 Å². The molecule has 0 aliphatic heterocycles. The van der Waals surface area contributed by atoms with E-state index < -0.39 is 48.3 Å². The summed E-state index contributed by atoms with van der Waals surface area (Å²) in [5.74, 6) is 0. The Kier molecular flexibility index (Phi) is 3.05. The maximum Gasteiger partial charge on any atom is 0.0629 e. The van der Waals surface area contributed by atoms with Gasteiger partial charge in [0.05, 0.1) is 17.8 Å². The van der Waals surface area contributed by atoms with Crippen LogP contribution in [0.4, 0.5) is 0 Å². The highest BCUT2D eigenvalue weighted by atomic mass is 14.2. The second-order valence-electron chi connectivity index (χ2n) is 9.51. The molecule has 8 aromatic carbocycles. The lowest BCUT2D eigenvalue weighted by Crippen LogP contribution is -1.92. The van der Waals surface area contributed by atoms with Crippen LogP contribution in [0.25, 0.3) is 76.5 Å². The summed E-state index contributed by atoms with van der Waals surface area (Å²) in [7, 11) is 0. The van der Waals surface area contributed by atoms with Gasteiger partial charge in [-0.05, 0) is 82.5 Å². The zero-order valence-electron chi connectivity index (χ0n) is 34.0. The summed E-state index contributed by atoms with van der Waals surface area (Å²) in [5.41, 5.74) is 2.54. The highest BCUT2D eigenvalue weighted by Crippen LogP contribution is 2.46. The van der Waals surface area contributed by atoms with Gasteiger partial charge in [0.25, 0.3) is 0 Å². The number of hydrogen-bond donors (Lipinski definition) is 0. The highest BCUT2D eigenvalue weighted by molar-refractivity contribution is 6.24. The largest absolute Gasteiger partial charge is 0.0629 e. The highest BCUT2D eigenvalue weighted by Gasteiger charge is 2.18. The predicted octanol–water partition coefficient (Wildman–Crippen LogP) is 11.3. The van der Waals surface area contributed by atoms with Crippen LogP contribution in [0.1, 0.15) is 17.8 Å². The van der Waals surface area contributed by atoms with Crippen molar-refractivity contribution < 1.29 is 17.8 Å². The number of benzene rings is 8. The smallest absolute Gasteiger partial charge is 0.0622 e. The molecule has 8 aromatic rings. The molecule has 0 aliphatic carbocycles. The monoisotopic (exact) mass is 519 g/mol. The first-order valence-corrected chi connectivity index (χ1v) is 12.8. The van der Waals surface area contributed by atoms with E-state index in [4.69, 9.17) is 15.1 Å². The van der Waals surface area contributed by atoms with Gasteiger partial charge in [-0.2, -0.15) is 0 Å². The van der Waals surface area contributed by atoms with Gasteiger partial charge in [-0.15, -0.1) is 0 Å². The first kappa shape index (κ1) is 13.2. The average molecular weight is 520 g/mol. The van der Waals surface area contributed by atoms with Crippen LogP contribution in [-0.4, -0.2) is 0 Å². The second kappa shape index (κ2) is 9.22. The van der Waals surface area contributed by atoms with E-state index in [1.165, 1.54) is 0 Å². The normalized spacial score (nSPS) is 16.1. The van der Waals surface area contributed by atoms with Crippen molar-refractivity contribution >= 4 is 43.1 Å². The van der Waals surface area contributed by atoms with E-state index in [-0.39, 0.29) is 52.1 Å². The molecule has 0 bridgehead atoms. The standard InChI is InChI=1S/C40H26/c1-2-13-28(14-3-1)39-35-16-6-8-18-37(35)40(38-19-9-7-17-36(38)39)34-23-11-21-32-31(20-10-22-33(32)34)30-25-24-27-12-4-5-15-29(27)26-30/h1-26H/i1D,2D,3D,4D,5D,6D,8D,12D,13D,14D,15D,16D,18D. The second-order valence-corrected chi connectivity index (χ2v) is 9.51. The maximum atomic E-state index is 9.26. The zero-order chi connectivity index (χ0) is 37.8. The Hall–Kier alpha value is -5.20. The van der Waals surface area contributed by atoms with Crippen LogP contribution in [-0.2, 0) is 0 Å². The summed E-state index contributed by atoms with van der Waals surface area (Å²) >= 11 is 0. The summed E-state index contributed by atoms with van der Waals surface area (Å²) < 4.78 is 112. The Balaban J connectivity index is 1.52. The molecule has 0 atom stereocenters. The molecule has 0 aliphatic rings. The molecule has 186 valence electrons. The van der Waals surface area contributed by atoms with Crippen molar-refractivity contribution in [1.29, 1.82) is 0 Å². The number of rotatable bonds is 3. The molecule has 0 nitrogen and oxygen atoms in total. The quantitative estimate of drug-likeness (QED) is 0.204. The molecule has 0 spiro atoms. The minimum Gasteiger partial charge on any atom is -0.0622 e. The zero-order valence-corrected chi connectivity index (χ0v) is 21.0. The van der Waals surface area contributed by atoms with Gasteiger partial charge in [0.15, 0.2) is 0 Å². The van der Waals surface area contributed by atoms with Crippen LogP contribution < -0.4 is 0 Å². The predicted molar refractivity (Wildman–Crippen MR) is 173 cm³/mol. The van der Waals surface area contributed by atoms with Gasteiger partial charge < -0.3 is 0 Å². The lowest BCUT2D eigenvalue weighted by Gasteiger charge is -2.19. The minimum absolute atomic E-state index is 0.0278. The average Bonchev–Trinajstić information content (AvgIpc) is 3.18. The molecule has 0 amide bonds. The third-order valence-corrected chi connectivity index (χ3v) is 7.38. The van der Waals surface area contributed by atoms with Crippen molar-refractivity contribution in [3.63, 3.8) is 0 Å². The lowest BCUT2D eigenvalue weighted by molar-refractivity contribution is 1.65. The van der Waals surface area contributed by atoms with Gasteiger partial charge >= 0.3 is 0 Å². The number of fused-ring (bicyclic) bond motifs is 4. The molecule has 0 radical (unpaired) electrons. The third kappa shape index (κ3) is 3.54. The van der Waals surface area contributed by atoms with Crippen LogP contribution in [0.2, 0.25) is 0 Å². The van der Waals surface area contributed by atoms with E-state index in [1.807, 2.05) is 36.4 Å². The Labute approximate surface area is 252 Å². The SMILES string of the molecule is [2H]c1c([2H])c([2H])c(-c2c3ccccc3c(-c3cccc4c(-c5ccc6c([2H])c([2H])c([2H])c([2H])c6c5)cccc34)c3c([2H])c([2H])c([2H])c([2H])c23)c([2H])c1[2H]. The summed E-state index contributed by atoms with van der Waals surface area (Å²) in [6, 6.07) is 18.2. The fraction of sp³-hybridized carbons (Fsp3) is 0. The van der Waals surface area contributed by atoms with Crippen molar-refractivity contribution in [3.05, 3.63) is 157 Å². The third-order valence-electron chi connectivity index (χ3n) is 7.38. The fourth-order valence-electron chi connectivity index (χ4n) is 5.69. The van der Waals surface area contributed by atoms with Crippen molar-refractivity contribution in [1.82, 2.24) is 0 Å². The molecular weight excluding hydrogens is 480 g/mol. The van der Waals surface area contributed by atoms with E-state index in [0.717, 1.165) is 16.3 Å². The van der Waals surface area contributed by atoms with E-state index in [0.29, 0.717) is 38.2 Å². The van der Waals surface area contributed by atoms with Crippen LogP contribution in [0.5, 0.6) is 0 Å². The summed E-state index contributed by atoms with van der Waals surface area (Å²) in [5, 5.41) is 3.43. The first-order valence-electron chi connectivity index (χ1n) is 19.3. The molecule has 0 fully saturated rings. The van der Waals surface area contributed by atoms with Crippen molar-refractivity contribution in [2.45, 2.75) is 0 Å². The molecule has 0 aromatic heterocycles. The van der Waals surface area contributed by atoms with E-state index in [2.05, 4.69) is 0 Å². The van der Waals surface area contributed by atoms with Crippen LogP contribution in [0, 0.1) is 0 Å². The summed E-state index contributed by atoms with van der Waals surface area (Å²) in [6.07, 6.45) is 0. The van der Waals surface area contributed by atoms with E-state index in [9.17, 15) is 2.74 Å². The summed E-state index contributed by atoms with van der Waals surface area (Å²) in [6.45, 7) is 0. The maximum absolute atomic E-state index is 9.26. The molecule has 8 rings (SSSR count). The molecular formula is C40H26. The molecule has 0 saturated heterocycles. The summed E-state index contributed by atoms with van der Waals surface area (Å²) in [4.78, 5) is 0. The minimum atomic E-state index is -0.575. The first-order chi connectivity index (χ1) is 25.3. The topological polar surface area (TPSA) is 0 Å². The molecule has 0 N–H and O–H groups in total. The molecule has 0 heteroatoms. The van der Waals surface area contributed by atoms with Gasteiger partial charge in [-0.25, -0.2) is 0 Å². The van der Waals surface area contributed by atoms with E-state index >= 15 is 0 Å². The van der Waals surface area contributed by atoms with Crippen LogP contribution in [0.3, 0.4) is 0 Å². The van der Waals surface area contributed by atoms with Crippen LogP contribution >= 0.6 is 0 Å². The Morgan fingerprint density at radius 3 is 1.70 bits per heavy atom. The van der Waals surface area contributed by atoms with Gasteiger partial charge in [0.1, 0.15) is 0 Å². The van der Waals surface area contributed by atoms with Gasteiger partial charge in [0.2, 0.25) is 0 Å². The van der Waals surface area contributed by atoms with Crippen molar-refractivity contribution in [2.24, 2.45) is 0 Å². The Morgan fingerprint density at radius 1 is 0.350 bits per heavy atom.